The molecule has 2 heterocycles. The molecule has 2 aromatic heterocycles. The van der Waals surface area contributed by atoms with Crippen LogP contribution in [0.3, 0.4) is 0 Å². The summed E-state index contributed by atoms with van der Waals surface area (Å²) in [6.07, 6.45) is 4.55. The molecule has 0 unspecified atom stereocenters. The smallest absolute Gasteiger partial charge is 0.239 e. The maximum Gasteiger partial charge on any atom is 0.239 e. The molecule has 0 bridgehead atoms. The SMILES string of the molecule is COCCOc1ccc(-c2nc3c(c(N(C)CC(=O)NC(C)(C)C)n2)CCC3)nc1. The number of aromatic nitrogens is 3. The number of carbonyl (C=O) groups is 1. The number of carbonyl (C=O) groups excluding carboxylic acids is 1. The van der Waals surface area contributed by atoms with Gasteiger partial charge in [-0.25, -0.2) is 15.0 Å². The zero-order valence-corrected chi connectivity index (χ0v) is 18.5. The molecule has 2 aromatic rings. The Morgan fingerprint density at radius 3 is 2.67 bits per heavy atom. The van der Waals surface area contributed by atoms with Crippen LogP contribution in [0.4, 0.5) is 5.82 Å². The maximum absolute atomic E-state index is 12.4. The number of methoxy groups -OCH3 is 1. The number of fused-ring (bicyclic) bond motifs is 1. The fraction of sp³-hybridized carbons (Fsp3) is 0.545. The zero-order valence-electron chi connectivity index (χ0n) is 18.5. The summed E-state index contributed by atoms with van der Waals surface area (Å²) in [4.78, 5) is 28.3. The molecule has 1 aliphatic carbocycles. The zero-order chi connectivity index (χ0) is 21.7. The lowest BCUT2D eigenvalue weighted by Crippen LogP contribution is -2.45. The molecular weight excluding hydrogens is 382 g/mol. The number of ether oxygens (including phenoxy) is 2. The summed E-state index contributed by atoms with van der Waals surface area (Å²) in [7, 11) is 3.53. The van der Waals surface area contributed by atoms with E-state index in [0.717, 1.165) is 36.3 Å². The van der Waals surface area contributed by atoms with Crippen molar-refractivity contribution in [2.24, 2.45) is 0 Å². The molecule has 0 radical (unpaired) electrons. The van der Waals surface area contributed by atoms with E-state index in [0.29, 0.717) is 30.5 Å². The van der Waals surface area contributed by atoms with E-state index in [1.165, 1.54) is 0 Å². The lowest BCUT2D eigenvalue weighted by atomic mass is 10.1. The first-order chi connectivity index (χ1) is 14.3. The van der Waals surface area contributed by atoms with Gasteiger partial charge < -0.3 is 19.7 Å². The van der Waals surface area contributed by atoms with Gasteiger partial charge in [0.2, 0.25) is 5.91 Å². The first kappa shape index (κ1) is 22.0. The summed E-state index contributed by atoms with van der Waals surface area (Å²) >= 11 is 0. The Morgan fingerprint density at radius 2 is 2.00 bits per heavy atom. The number of nitrogens with zero attached hydrogens (tertiary/aromatic N) is 4. The van der Waals surface area contributed by atoms with Gasteiger partial charge in [-0.15, -0.1) is 0 Å². The number of aryl methyl sites for hydroxylation is 1. The Labute approximate surface area is 178 Å². The van der Waals surface area contributed by atoms with Crippen molar-refractivity contribution in [2.75, 3.05) is 38.8 Å². The van der Waals surface area contributed by atoms with Crippen molar-refractivity contribution >= 4 is 11.7 Å². The number of anilines is 1. The van der Waals surface area contributed by atoms with Gasteiger partial charge in [-0.1, -0.05) is 0 Å². The molecule has 0 saturated heterocycles. The molecule has 1 aliphatic rings. The number of amides is 1. The van der Waals surface area contributed by atoms with E-state index in [4.69, 9.17) is 19.4 Å². The van der Waals surface area contributed by atoms with Crippen molar-refractivity contribution in [3.63, 3.8) is 0 Å². The van der Waals surface area contributed by atoms with Crippen LogP contribution in [0.1, 0.15) is 38.4 Å². The molecule has 0 aromatic carbocycles. The van der Waals surface area contributed by atoms with Crippen LogP contribution in [0.5, 0.6) is 5.75 Å². The van der Waals surface area contributed by atoms with E-state index < -0.39 is 0 Å². The van der Waals surface area contributed by atoms with Crippen molar-refractivity contribution in [3.05, 3.63) is 29.6 Å². The third-order valence-corrected chi connectivity index (χ3v) is 4.69. The van der Waals surface area contributed by atoms with Gasteiger partial charge in [0.25, 0.3) is 0 Å². The van der Waals surface area contributed by atoms with Gasteiger partial charge in [0.05, 0.1) is 19.3 Å². The standard InChI is InChI=1S/C22H31N5O3/c1-22(2,3)26-19(28)14-27(4)21-16-7-6-8-17(16)24-20(25-21)18-10-9-15(13-23-18)30-12-11-29-5/h9-10,13H,6-8,11-12,14H2,1-5H3,(H,26,28). The number of rotatable bonds is 8. The van der Waals surface area contributed by atoms with Crippen molar-refractivity contribution in [2.45, 2.75) is 45.6 Å². The molecule has 0 aliphatic heterocycles. The summed E-state index contributed by atoms with van der Waals surface area (Å²) in [5.41, 5.74) is 2.58. The Kier molecular flexibility index (Phi) is 6.87. The van der Waals surface area contributed by atoms with E-state index >= 15 is 0 Å². The minimum absolute atomic E-state index is 0.0346. The van der Waals surface area contributed by atoms with E-state index in [-0.39, 0.29) is 18.0 Å². The van der Waals surface area contributed by atoms with E-state index in [1.807, 2.05) is 44.9 Å². The molecule has 8 nitrogen and oxygen atoms in total. The summed E-state index contributed by atoms with van der Waals surface area (Å²) in [6, 6.07) is 3.71. The van der Waals surface area contributed by atoms with Crippen molar-refractivity contribution in [3.8, 4) is 17.3 Å². The Balaban J connectivity index is 1.81. The molecule has 1 N–H and O–H groups in total. The van der Waals surface area contributed by atoms with Gasteiger partial charge in [0.15, 0.2) is 5.82 Å². The number of pyridine rings is 1. The highest BCUT2D eigenvalue weighted by atomic mass is 16.5. The van der Waals surface area contributed by atoms with E-state index in [1.54, 1.807) is 13.3 Å². The average molecular weight is 414 g/mol. The van der Waals surface area contributed by atoms with Crippen LogP contribution in [-0.4, -0.2) is 60.3 Å². The van der Waals surface area contributed by atoms with Gasteiger partial charge >= 0.3 is 0 Å². The highest BCUT2D eigenvalue weighted by Crippen LogP contribution is 2.30. The third-order valence-electron chi connectivity index (χ3n) is 4.69. The van der Waals surface area contributed by atoms with Crippen LogP contribution in [0.15, 0.2) is 18.3 Å². The molecule has 162 valence electrons. The molecule has 0 saturated carbocycles. The largest absolute Gasteiger partial charge is 0.490 e. The second-order valence-electron chi connectivity index (χ2n) is 8.52. The second kappa shape index (κ2) is 9.38. The van der Waals surface area contributed by atoms with Gasteiger partial charge in [0, 0.05) is 31.0 Å². The van der Waals surface area contributed by atoms with Crippen LogP contribution in [0, 0.1) is 0 Å². The highest BCUT2D eigenvalue weighted by Gasteiger charge is 2.24. The predicted octanol–water partition coefficient (Wildman–Crippen LogP) is 2.40. The fourth-order valence-electron chi connectivity index (χ4n) is 3.43. The third kappa shape index (κ3) is 5.66. The monoisotopic (exact) mass is 413 g/mol. The predicted molar refractivity (Wildman–Crippen MR) is 116 cm³/mol. The molecule has 0 atom stereocenters. The van der Waals surface area contributed by atoms with Crippen LogP contribution in [-0.2, 0) is 22.4 Å². The van der Waals surface area contributed by atoms with Crippen molar-refractivity contribution in [1.29, 1.82) is 0 Å². The van der Waals surface area contributed by atoms with Gasteiger partial charge in [-0.05, 0) is 52.2 Å². The first-order valence-corrected chi connectivity index (χ1v) is 10.3. The van der Waals surface area contributed by atoms with Crippen molar-refractivity contribution < 1.29 is 14.3 Å². The minimum atomic E-state index is -0.270. The van der Waals surface area contributed by atoms with Crippen LogP contribution >= 0.6 is 0 Å². The number of nitrogens with one attached hydrogen (secondary N) is 1. The molecule has 3 rings (SSSR count). The van der Waals surface area contributed by atoms with Crippen LogP contribution < -0.4 is 15.0 Å². The molecule has 1 amide bonds. The molecular formula is C22H31N5O3. The first-order valence-electron chi connectivity index (χ1n) is 10.3. The maximum atomic E-state index is 12.4. The van der Waals surface area contributed by atoms with Gasteiger partial charge in [-0.2, -0.15) is 0 Å². The number of hydrogen-bond donors (Lipinski definition) is 1. The summed E-state index contributed by atoms with van der Waals surface area (Å²) in [5.74, 6) is 2.01. The minimum Gasteiger partial charge on any atom is -0.490 e. The van der Waals surface area contributed by atoms with Gasteiger partial charge in [0.1, 0.15) is 23.9 Å². The summed E-state index contributed by atoms with van der Waals surface area (Å²) in [5, 5.41) is 3.00. The topological polar surface area (TPSA) is 89.5 Å². The van der Waals surface area contributed by atoms with Crippen LogP contribution in [0.2, 0.25) is 0 Å². The Morgan fingerprint density at radius 1 is 1.20 bits per heavy atom. The Bertz CT molecular complexity index is 878. The molecule has 0 spiro atoms. The van der Waals surface area contributed by atoms with Crippen LogP contribution in [0.25, 0.3) is 11.5 Å². The fourth-order valence-corrected chi connectivity index (χ4v) is 3.43. The summed E-state index contributed by atoms with van der Waals surface area (Å²) < 4.78 is 10.6. The number of hydrogen-bond acceptors (Lipinski definition) is 7. The molecule has 8 heteroatoms. The second-order valence-corrected chi connectivity index (χ2v) is 8.52. The molecule has 0 fully saturated rings. The lowest BCUT2D eigenvalue weighted by molar-refractivity contribution is -0.121. The average Bonchev–Trinajstić information content (AvgIpc) is 3.15. The highest BCUT2D eigenvalue weighted by molar-refractivity contribution is 5.82. The normalized spacial score (nSPS) is 13.1. The number of likely N-dealkylation sites (N-methyl/N-ethyl adjacent to an activating group) is 1. The molecule has 30 heavy (non-hydrogen) atoms. The van der Waals surface area contributed by atoms with Gasteiger partial charge in [-0.3, -0.25) is 4.79 Å². The van der Waals surface area contributed by atoms with Crippen molar-refractivity contribution in [1.82, 2.24) is 20.3 Å². The lowest BCUT2D eigenvalue weighted by Gasteiger charge is -2.25. The van der Waals surface area contributed by atoms with E-state index in [9.17, 15) is 4.79 Å². The quantitative estimate of drug-likeness (QED) is 0.665. The Hall–Kier alpha value is -2.74. The van der Waals surface area contributed by atoms with E-state index in [2.05, 4.69) is 10.3 Å². The summed E-state index contributed by atoms with van der Waals surface area (Å²) in [6.45, 7) is 7.14.